The Balaban J connectivity index is 2.34. The van der Waals surface area contributed by atoms with Gasteiger partial charge in [0.2, 0.25) is 0 Å². The molecule has 3 rings (SSSR count). The van der Waals surface area contributed by atoms with E-state index in [4.69, 9.17) is 4.42 Å². The van der Waals surface area contributed by atoms with Gasteiger partial charge in [-0.25, -0.2) is 0 Å². The van der Waals surface area contributed by atoms with Crippen molar-refractivity contribution in [3.8, 4) is 28.6 Å². The van der Waals surface area contributed by atoms with E-state index in [1.807, 2.05) is 0 Å². The second-order valence-electron chi connectivity index (χ2n) is 4.33. The molecule has 0 atom stereocenters. The van der Waals surface area contributed by atoms with Crippen molar-refractivity contribution in [3.63, 3.8) is 0 Å². The van der Waals surface area contributed by atoms with E-state index >= 15 is 0 Å². The fourth-order valence-electron chi connectivity index (χ4n) is 2.05. The first kappa shape index (κ1) is 12.1. The lowest BCUT2D eigenvalue weighted by atomic mass is 10.1. The van der Waals surface area contributed by atoms with Crippen molar-refractivity contribution >= 4 is 11.0 Å². The van der Waals surface area contributed by atoms with Crippen LogP contribution < -0.4 is 5.43 Å². The quantitative estimate of drug-likeness (QED) is 0.591. The van der Waals surface area contributed by atoms with Crippen LogP contribution in [0.5, 0.6) is 17.2 Å². The molecule has 20 heavy (non-hydrogen) atoms. The molecule has 2 aromatic carbocycles. The monoisotopic (exact) mass is 270 g/mol. The molecule has 0 unspecified atom stereocenters. The van der Waals surface area contributed by atoms with Crippen LogP contribution in [-0.2, 0) is 0 Å². The minimum absolute atomic E-state index is 0.0588. The maximum absolute atomic E-state index is 12.0. The van der Waals surface area contributed by atoms with E-state index in [-0.39, 0.29) is 39.5 Å². The van der Waals surface area contributed by atoms with Gasteiger partial charge in [-0.2, -0.15) is 0 Å². The second-order valence-corrected chi connectivity index (χ2v) is 4.33. The van der Waals surface area contributed by atoms with E-state index in [0.29, 0.717) is 0 Å². The fraction of sp³-hybridized carbons (Fsp3) is 0. The van der Waals surface area contributed by atoms with Crippen molar-refractivity contribution < 1.29 is 19.7 Å². The van der Waals surface area contributed by atoms with Gasteiger partial charge in [0.25, 0.3) is 0 Å². The number of hydrogen-bond donors (Lipinski definition) is 3. The zero-order chi connectivity index (χ0) is 14.3. The topological polar surface area (TPSA) is 90.9 Å². The van der Waals surface area contributed by atoms with Gasteiger partial charge in [-0.05, 0) is 30.3 Å². The van der Waals surface area contributed by atoms with Gasteiger partial charge in [-0.3, -0.25) is 4.79 Å². The number of hydrogen-bond acceptors (Lipinski definition) is 5. The van der Waals surface area contributed by atoms with Crippen molar-refractivity contribution in [3.05, 3.63) is 52.7 Å². The second kappa shape index (κ2) is 4.31. The van der Waals surface area contributed by atoms with Crippen molar-refractivity contribution in [2.24, 2.45) is 0 Å². The van der Waals surface area contributed by atoms with Gasteiger partial charge < -0.3 is 19.7 Å². The summed E-state index contributed by atoms with van der Waals surface area (Å²) in [6, 6.07) is 9.57. The Hall–Kier alpha value is -2.95. The summed E-state index contributed by atoms with van der Waals surface area (Å²) in [5.74, 6) is -0.230. The van der Waals surface area contributed by atoms with Crippen LogP contribution in [0.1, 0.15) is 0 Å². The Morgan fingerprint density at radius 2 is 1.70 bits per heavy atom. The smallest absolute Gasteiger partial charge is 0.197 e. The number of benzene rings is 2. The highest BCUT2D eigenvalue weighted by atomic mass is 16.3. The summed E-state index contributed by atoms with van der Waals surface area (Å²) in [5.41, 5.74) is -0.0234. The molecular formula is C15H10O5. The normalized spacial score (nSPS) is 10.8. The molecule has 3 N–H and O–H groups in total. The van der Waals surface area contributed by atoms with E-state index in [0.717, 1.165) is 6.07 Å². The molecule has 1 heterocycles. The molecule has 0 amide bonds. The molecule has 0 aliphatic carbocycles. The molecule has 0 radical (unpaired) electrons. The van der Waals surface area contributed by atoms with Crippen LogP contribution in [-0.4, -0.2) is 15.3 Å². The van der Waals surface area contributed by atoms with Crippen LogP contribution in [0.2, 0.25) is 0 Å². The Kier molecular flexibility index (Phi) is 2.61. The Labute approximate surface area is 113 Å². The molecule has 5 nitrogen and oxygen atoms in total. The zero-order valence-corrected chi connectivity index (χ0v) is 10.2. The lowest BCUT2D eigenvalue weighted by Crippen LogP contribution is -2.00. The van der Waals surface area contributed by atoms with Gasteiger partial charge >= 0.3 is 0 Å². The first-order valence-electron chi connectivity index (χ1n) is 5.84. The highest BCUT2D eigenvalue weighted by molar-refractivity contribution is 5.84. The van der Waals surface area contributed by atoms with Crippen LogP contribution in [0.4, 0.5) is 0 Å². The van der Waals surface area contributed by atoms with Gasteiger partial charge in [0.1, 0.15) is 34.0 Å². The molecule has 1 aromatic heterocycles. The largest absolute Gasteiger partial charge is 0.508 e. The third kappa shape index (κ3) is 1.85. The number of aromatic hydroxyl groups is 3. The third-order valence-electron chi connectivity index (χ3n) is 2.98. The van der Waals surface area contributed by atoms with Crippen molar-refractivity contribution in [1.29, 1.82) is 0 Å². The summed E-state index contributed by atoms with van der Waals surface area (Å²) in [4.78, 5) is 12.0. The minimum Gasteiger partial charge on any atom is -0.508 e. The Bertz CT molecular complexity index is 864. The highest BCUT2D eigenvalue weighted by Crippen LogP contribution is 2.33. The lowest BCUT2D eigenvalue weighted by Gasteiger charge is -2.06. The van der Waals surface area contributed by atoms with Crippen LogP contribution in [0.3, 0.4) is 0 Å². The number of rotatable bonds is 1. The average Bonchev–Trinajstić information content (AvgIpc) is 2.41. The highest BCUT2D eigenvalue weighted by Gasteiger charge is 2.13. The minimum atomic E-state index is -0.429. The molecule has 0 saturated heterocycles. The molecule has 0 aliphatic rings. The maximum Gasteiger partial charge on any atom is 0.197 e. The summed E-state index contributed by atoms with van der Waals surface area (Å²) < 4.78 is 5.51. The van der Waals surface area contributed by atoms with Crippen LogP contribution >= 0.6 is 0 Å². The standard InChI is InChI=1S/C15H10O5/c16-8-4-5-10(17)9(6-8)14-7-12(19)15-11(18)2-1-3-13(15)20-14/h1-7,16-18H. The predicted molar refractivity (Wildman–Crippen MR) is 72.9 cm³/mol. The molecule has 0 aliphatic heterocycles. The van der Waals surface area contributed by atoms with E-state index in [2.05, 4.69) is 0 Å². The van der Waals surface area contributed by atoms with E-state index in [1.54, 1.807) is 12.1 Å². The summed E-state index contributed by atoms with van der Waals surface area (Å²) in [6.07, 6.45) is 0. The lowest BCUT2D eigenvalue weighted by molar-refractivity contribution is 0.459. The van der Waals surface area contributed by atoms with Crippen molar-refractivity contribution in [1.82, 2.24) is 0 Å². The molecule has 0 saturated carbocycles. The number of phenolic OH excluding ortho intramolecular Hbond substituents is 3. The molecule has 100 valence electrons. The maximum atomic E-state index is 12.0. The Morgan fingerprint density at radius 3 is 2.50 bits per heavy atom. The summed E-state index contributed by atoms with van der Waals surface area (Å²) in [7, 11) is 0. The van der Waals surface area contributed by atoms with Crippen LogP contribution in [0.25, 0.3) is 22.3 Å². The SMILES string of the molecule is O=c1cc(-c2cc(O)ccc2O)oc2cccc(O)c12. The van der Waals surface area contributed by atoms with Gasteiger partial charge in [0.05, 0.1) is 5.56 Å². The van der Waals surface area contributed by atoms with Crippen LogP contribution in [0, 0.1) is 0 Å². The van der Waals surface area contributed by atoms with Gasteiger partial charge in [-0.1, -0.05) is 6.07 Å². The summed E-state index contributed by atoms with van der Waals surface area (Å²) in [6.45, 7) is 0. The number of phenols is 3. The average molecular weight is 270 g/mol. The fourth-order valence-corrected chi connectivity index (χ4v) is 2.05. The first-order chi connectivity index (χ1) is 9.56. The van der Waals surface area contributed by atoms with Crippen molar-refractivity contribution in [2.45, 2.75) is 0 Å². The van der Waals surface area contributed by atoms with E-state index < -0.39 is 5.43 Å². The molecule has 3 aromatic rings. The molecule has 5 heteroatoms. The van der Waals surface area contributed by atoms with Gasteiger partial charge in [0.15, 0.2) is 5.43 Å². The Morgan fingerprint density at radius 1 is 0.900 bits per heavy atom. The molecule has 0 bridgehead atoms. The first-order valence-corrected chi connectivity index (χ1v) is 5.84. The molecule has 0 spiro atoms. The number of fused-ring (bicyclic) bond motifs is 1. The van der Waals surface area contributed by atoms with Crippen LogP contribution in [0.15, 0.2) is 51.7 Å². The van der Waals surface area contributed by atoms with Gasteiger partial charge in [-0.15, -0.1) is 0 Å². The third-order valence-corrected chi connectivity index (χ3v) is 2.98. The molecular weight excluding hydrogens is 260 g/mol. The van der Waals surface area contributed by atoms with E-state index in [1.165, 1.54) is 24.3 Å². The summed E-state index contributed by atoms with van der Waals surface area (Å²) >= 11 is 0. The van der Waals surface area contributed by atoms with Gasteiger partial charge in [0, 0.05) is 6.07 Å². The predicted octanol–water partition coefficient (Wildman–Crippen LogP) is 2.58. The molecule has 0 fully saturated rings. The van der Waals surface area contributed by atoms with E-state index in [9.17, 15) is 20.1 Å². The zero-order valence-electron chi connectivity index (χ0n) is 10.2. The summed E-state index contributed by atoms with van der Waals surface area (Å²) in [5, 5.41) is 29.0. The van der Waals surface area contributed by atoms with Crippen molar-refractivity contribution in [2.75, 3.05) is 0 Å².